The van der Waals surface area contributed by atoms with Crippen molar-refractivity contribution in [2.24, 2.45) is 11.7 Å². The summed E-state index contributed by atoms with van der Waals surface area (Å²) >= 11 is 0. The molecule has 7 nitrogen and oxygen atoms in total. The summed E-state index contributed by atoms with van der Waals surface area (Å²) in [6, 6.07) is 13.6. The third-order valence-corrected chi connectivity index (χ3v) is 6.97. The Balaban J connectivity index is 1.97. The maximum atomic E-state index is 13.3. The van der Waals surface area contributed by atoms with E-state index in [1.807, 2.05) is 0 Å². The lowest BCUT2D eigenvalue weighted by molar-refractivity contribution is 0.0940. The first kappa shape index (κ1) is 26.4. The highest BCUT2D eigenvalue weighted by molar-refractivity contribution is 7.92. The second-order valence-corrected chi connectivity index (χ2v) is 11.2. The zero-order valence-corrected chi connectivity index (χ0v) is 21.4. The molecule has 0 aliphatic rings. The summed E-state index contributed by atoms with van der Waals surface area (Å²) in [4.78, 5) is 13.1. The molecule has 35 heavy (non-hydrogen) atoms. The van der Waals surface area contributed by atoms with E-state index in [4.69, 9.17) is 10.2 Å². The third kappa shape index (κ3) is 6.70. The number of nitrogens with zero attached hydrogens (tertiary/aromatic N) is 1. The standard InChI is InChI=1S/C26H32FN3O4S/c1-16(2)12-23(28)25-11-10-24(34-25)19-13-20(15-22(14-19)30(4)35(5,32)33)26(31)29-17(3)18-6-8-21(27)9-7-18/h6-11,13-17,23H,12,28H2,1-5H3,(H,29,31)/t17-,23?/m1/s1. The number of carbonyl (C=O) groups excluding carboxylic acids is 1. The van der Waals surface area contributed by atoms with Crippen LogP contribution >= 0.6 is 0 Å². The fourth-order valence-corrected chi connectivity index (χ4v) is 4.19. The Hall–Kier alpha value is -3.17. The lowest BCUT2D eigenvalue weighted by Gasteiger charge is -2.20. The van der Waals surface area contributed by atoms with E-state index in [-0.39, 0.29) is 17.4 Å². The molecule has 0 fully saturated rings. The Labute approximate surface area is 206 Å². The van der Waals surface area contributed by atoms with Crippen LogP contribution in [0.1, 0.15) is 61.0 Å². The van der Waals surface area contributed by atoms with Gasteiger partial charge in [0.1, 0.15) is 17.3 Å². The van der Waals surface area contributed by atoms with Crippen LogP contribution in [0, 0.1) is 11.7 Å². The van der Waals surface area contributed by atoms with Crippen molar-refractivity contribution in [1.82, 2.24) is 5.32 Å². The summed E-state index contributed by atoms with van der Waals surface area (Å²) in [5.41, 5.74) is 8.10. The molecule has 2 aromatic carbocycles. The van der Waals surface area contributed by atoms with Crippen LogP contribution in [0.25, 0.3) is 11.3 Å². The Kier molecular flexibility index (Phi) is 8.02. The molecule has 0 aliphatic carbocycles. The van der Waals surface area contributed by atoms with Crippen LogP contribution in [0.4, 0.5) is 10.1 Å². The van der Waals surface area contributed by atoms with Crippen molar-refractivity contribution in [2.75, 3.05) is 17.6 Å². The van der Waals surface area contributed by atoms with Crippen LogP contribution in [0.15, 0.2) is 59.0 Å². The lowest BCUT2D eigenvalue weighted by atomic mass is 10.0. The second-order valence-electron chi connectivity index (χ2n) is 9.18. The predicted octanol–water partition coefficient (Wildman–Crippen LogP) is 5.02. The van der Waals surface area contributed by atoms with Gasteiger partial charge in [-0.2, -0.15) is 0 Å². The summed E-state index contributed by atoms with van der Waals surface area (Å²) in [5.74, 6) is 0.716. The molecule has 1 unspecified atom stereocenters. The minimum atomic E-state index is -3.57. The Morgan fingerprint density at radius 2 is 1.74 bits per heavy atom. The monoisotopic (exact) mass is 501 g/mol. The van der Waals surface area contributed by atoms with Crippen LogP contribution in [-0.4, -0.2) is 27.6 Å². The number of sulfonamides is 1. The molecule has 0 saturated heterocycles. The Morgan fingerprint density at radius 3 is 2.34 bits per heavy atom. The Morgan fingerprint density at radius 1 is 1.09 bits per heavy atom. The molecular formula is C26H32FN3O4S. The lowest BCUT2D eigenvalue weighted by Crippen LogP contribution is -2.28. The quantitative estimate of drug-likeness (QED) is 0.428. The summed E-state index contributed by atoms with van der Waals surface area (Å²) in [6.07, 6.45) is 1.84. The summed E-state index contributed by atoms with van der Waals surface area (Å²) in [7, 11) is -2.15. The van der Waals surface area contributed by atoms with Crippen molar-refractivity contribution in [2.45, 2.75) is 39.3 Å². The smallest absolute Gasteiger partial charge is 0.251 e. The zero-order valence-electron chi connectivity index (χ0n) is 20.6. The van der Waals surface area contributed by atoms with Gasteiger partial charge < -0.3 is 15.5 Å². The molecule has 1 aromatic heterocycles. The first-order valence-corrected chi connectivity index (χ1v) is 13.2. The molecule has 0 saturated carbocycles. The third-order valence-electron chi connectivity index (χ3n) is 5.76. The van der Waals surface area contributed by atoms with Gasteiger partial charge in [-0.3, -0.25) is 9.10 Å². The van der Waals surface area contributed by atoms with E-state index < -0.39 is 22.0 Å². The van der Waals surface area contributed by atoms with Gasteiger partial charge in [-0.05, 0) is 67.3 Å². The highest BCUT2D eigenvalue weighted by Gasteiger charge is 2.20. The molecule has 2 atom stereocenters. The molecule has 188 valence electrons. The van der Waals surface area contributed by atoms with Gasteiger partial charge in [0.25, 0.3) is 5.91 Å². The number of anilines is 1. The van der Waals surface area contributed by atoms with E-state index in [0.29, 0.717) is 28.7 Å². The molecule has 9 heteroatoms. The highest BCUT2D eigenvalue weighted by atomic mass is 32.2. The molecule has 3 N–H and O–H groups in total. The maximum Gasteiger partial charge on any atom is 0.251 e. The number of hydrogen-bond acceptors (Lipinski definition) is 5. The number of nitrogens with two attached hydrogens (primary N) is 1. The van der Waals surface area contributed by atoms with Crippen LogP contribution in [0.5, 0.6) is 0 Å². The normalized spacial score (nSPS) is 13.5. The first-order chi connectivity index (χ1) is 16.3. The summed E-state index contributed by atoms with van der Waals surface area (Å²) in [5, 5.41) is 2.88. The molecular weight excluding hydrogens is 469 g/mol. The molecule has 0 spiro atoms. The predicted molar refractivity (Wildman–Crippen MR) is 136 cm³/mol. The van der Waals surface area contributed by atoms with E-state index in [9.17, 15) is 17.6 Å². The number of halogens is 1. The molecule has 0 bridgehead atoms. The largest absolute Gasteiger partial charge is 0.459 e. The Bertz CT molecular complexity index is 1290. The van der Waals surface area contributed by atoms with E-state index >= 15 is 0 Å². The van der Waals surface area contributed by atoms with Gasteiger partial charge >= 0.3 is 0 Å². The van der Waals surface area contributed by atoms with Crippen LogP contribution in [0.3, 0.4) is 0 Å². The van der Waals surface area contributed by atoms with Gasteiger partial charge in [0, 0.05) is 18.2 Å². The second kappa shape index (κ2) is 10.6. The van der Waals surface area contributed by atoms with Gasteiger partial charge in [-0.15, -0.1) is 0 Å². The van der Waals surface area contributed by atoms with E-state index in [0.717, 1.165) is 22.5 Å². The van der Waals surface area contributed by atoms with Gasteiger partial charge in [0.15, 0.2) is 0 Å². The van der Waals surface area contributed by atoms with Crippen LogP contribution in [-0.2, 0) is 10.0 Å². The minimum absolute atomic E-state index is 0.256. The number of rotatable bonds is 9. The topological polar surface area (TPSA) is 106 Å². The molecule has 0 radical (unpaired) electrons. The van der Waals surface area contributed by atoms with E-state index in [1.54, 1.807) is 43.3 Å². The van der Waals surface area contributed by atoms with Crippen molar-refractivity contribution < 1.29 is 22.0 Å². The van der Waals surface area contributed by atoms with Crippen LogP contribution < -0.4 is 15.4 Å². The SMILES string of the molecule is CC(C)CC(N)c1ccc(-c2cc(C(=O)N[C@H](C)c3ccc(F)cc3)cc(N(C)S(C)(=O)=O)c2)o1. The van der Waals surface area contributed by atoms with Crippen molar-refractivity contribution in [1.29, 1.82) is 0 Å². The van der Waals surface area contributed by atoms with Gasteiger partial charge in [-0.25, -0.2) is 12.8 Å². The minimum Gasteiger partial charge on any atom is -0.459 e. The summed E-state index contributed by atoms with van der Waals surface area (Å²) < 4.78 is 44.8. The highest BCUT2D eigenvalue weighted by Crippen LogP contribution is 2.31. The zero-order chi connectivity index (χ0) is 25.9. The van der Waals surface area contributed by atoms with Crippen LogP contribution in [0.2, 0.25) is 0 Å². The fourth-order valence-electron chi connectivity index (χ4n) is 3.70. The number of benzene rings is 2. The average Bonchev–Trinajstić information content (AvgIpc) is 3.28. The van der Waals surface area contributed by atoms with E-state index in [2.05, 4.69) is 19.2 Å². The fraction of sp³-hybridized carbons (Fsp3) is 0.346. The molecule has 3 rings (SSSR count). The van der Waals surface area contributed by atoms with Gasteiger partial charge in [0.05, 0.1) is 24.0 Å². The number of nitrogens with one attached hydrogen (secondary N) is 1. The average molecular weight is 502 g/mol. The molecule has 1 amide bonds. The summed E-state index contributed by atoms with van der Waals surface area (Å²) in [6.45, 7) is 5.94. The van der Waals surface area contributed by atoms with Crippen molar-refractivity contribution in [3.63, 3.8) is 0 Å². The van der Waals surface area contributed by atoms with Crippen molar-refractivity contribution >= 4 is 21.6 Å². The maximum absolute atomic E-state index is 13.3. The van der Waals surface area contributed by atoms with Gasteiger partial charge in [-0.1, -0.05) is 26.0 Å². The number of furan rings is 1. The first-order valence-electron chi connectivity index (χ1n) is 11.4. The molecule has 3 aromatic rings. The van der Waals surface area contributed by atoms with E-state index in [1.165, 1.54) is 25.2 Å². The number of hydrogen-bond donors (Lipinski definition) is 2. The van der Waals surface area contributed by atoms with Gasteiger partial charge in [0.2, 0.25) is 10.0 Å². The van der Waals surface area contributed by atoms with Crippen molar-refractivity contribution in [3.8, 4) is 11.3 Å². The molecule has 1 heterocycles. The molecule has 0 aliphatic heterocycles. The number of carbonyl (C=O) groups is 1. The van der Waals surface area contributed by atoms with Crippen molar-refractivity contribution in [3.05, 3.63) is 77.3 Å². The number of amides is 1.